The third-order valence-corrected chi connectivity index (χ3v) is 21.6. The maximum atomic E-state index is 12.3. The van der Waals surface area contributed by atoms with Crippen molar-refractivity contribution in [2.75, 3.05) is 0 Å². The summed E-state index contributed by atoms with van der Waals surface area (Å²) in [6, 6.07) is 3.40. The summed E-state index contributed by atoms with van der Waals surface area (Å²) in [5.74, 6) is 2.73. The second-order valence-electron chi connectivity index (χ2n) is 19.0. The fourth-order valence-electron chi connectivity index (χ4n) is 14.0. The van der Waals surface area contributed by atoms with E-state index in [0.29, 0.717) is 34.0 Å². The van der Waals surface area contributed by atoms with E-state index in [9.17, 15) is 9.90 Å². The number of carbonyl (C=O) groups is 1. The van der Waals surface area contributed by atoms with Crippen LogP contribution in [0.25, 0.3) is 0 Å². The topological polar surface area (TPSA) is 65.0 Å². The van der Waals surface area contributed by atoms with Crippen molar-refractivity contribution in [2.45, 2.75) is 183 Å². The Hall–Kier alpha value is -0.433. The number of hydrogen-bond donors (Lipinski definition) is 1. The average Bonchev–Trinajstić information content (AvgIpc) is 3.59. The van der Waals surface area contributed by atoms with Crippen molar-refractivity contribution < 1.29 is 23.8 Å². The van der Waals surface area contributed by atoms with Crippen LogP contribution in [0.15, 0.2) is 0 Å². The highest BCUT2D eigenvalue weighted by atomic mass is 28.4. The van der Waals surface area contributed by atoms with Crippen LogP contribution in [0.4, 0.5) is 0 Å². The van der Waals surface area contributed by atoms with Gasteiger partial charge in [0.1, 0.15) is 0 Å². The Balaban J connectivity index is 1.45. The van der Waals surface area contributed by atoms with E-state index in [-0.39, 0.29) is 35.1 Å². The van der Waals surface area contributed by atoms with Crippen LogP contribution < -0.4 is 0 Å². The van der Waals surface area contributed by atoms with Crippen molar-refractivity contribution in [1.82, 2.24) is 0 Å². The van der Waals surface area contributed by atoms with Gasteiger partial charge in [0.25, 0.3) is 0 Å². The molecule has 13 atom stereocenters. The van der Waals surface area contributed by atoms with Gasteiger partial charge in [0.05, 0.1) is 23.9 Å². The van der Waals surface area contributed by atoms with Crippen LogP contribution in [-0.4, -0.2) is 49.4 Å². The molecule has 1 heterocycles. The molecule has 0 radical (unpaired) electrons. The Morgan fingerprint density at radius 3 is 2.13 bits per heavy atom. The third-order valence-electron chi connectivity index (χ3n) is 17.0. The molecule has 1 saturated heterocycles. The highest BCUT2D eigenvalue weighted by Crippen LogP contribution is 2.89. The molecule has 6 heteroatoms. The maximum Gasteiger partial charge on any atom is 0.303 e. The van der Waals surface area contributed by atoms with Crippen LogP contribution in [0.5, 0.6) is 0 Å². The van der Waals surface area contributed by atoms with Gasteiger partial charge in [-0.1, -0.05) is 62.3 Å². The predicted octanol–water partition coefficient (Wildman–Crippen LogP) is 9.17. The van der Waals surface area contributed by atoms with Gasteiger partial charge in [0.15, 0.2) is 14.4 Å². The first-order chi connectivity index (χ1) is 20.8. The summed E-state index contributed by atoms with van der Waals surface area (Å²) in [4.78, 5) is 12.3. The van der Waals surface area contributed by atoms with Crippen molar-refractivity contribution in [1.29, 1.82) is 0 Å². The molecule has 5 saturated carbocycles. The second-order valence-corrected chi connectivity index (χ2v) is 23.7. The van der Waals surface area contributed by atoms with Gasteiger partial charge in [-0.15, -0.1) is 0 Å². The zero-order chi connectivity index (χ0) is 33.2. The zero-order valence-corrected chi connectivity index (χ0v) is 32.1. The molecule has 6 rings (SSSR count). The molecule has 2 spiro atoms. The lowest BCUT2D eigenvalue weighted by Gasteiger charge is -2.64. The lowest BCUT2D eigenvalue weighted by Crippen LogP contribution is -2.61. The van der Waals surface area contributed by atoms with E-state index in [1.54, 1.807) is 13.8 Å². The number of hydrogen-bond acceptors (Lipinski definition) is 5. The Morgan fingerprint density at radius 1 is 0.956 bits per heavy atom. The van der Waals surface area contributed by atoms with Crippen molar-refractivity contribution >= 4 is 14.3 Å². The molecule has 45 heavy (non-hydrogen) atoms. The smallest absolute Gasteiger partial charge is 0.303 e. The van der Waals surface area contributed by atoms with Crippen molar-refractivity contribution in [3.8, 4) is 0 Å². The summed E-state index contributed by atoms with van der Waals surface area (Å²) >= 11 is 0. The van der Waals surface area contributed by atoms with Gasteiger partial charge in [-0.2, -0.15) is 0 Å². The number of rotatable bonds is 8. The summed E-state index contributed by atoms with van der Waals surface area (Å²) in [5.41, 5.74) is 0.325. The molecule has 0 unspecified atom stereocenters. The standard InChI is InChI=1S/C39H68O5Si/c1-13-45(14-2,15-3)44-33-31-30(24(4)22-27(43-31)32(35(9,10)41)42-26(6)40)36(11)20-21-39-23-38(39)19-18-25(5)34(7,8)28(38)16-17-29(39)37(33,36)12/h24-25,27-33,41H,13-23H2,1-12H3/t24-,25+,27-,28+,29+,30+,31+,32+,33+,36-,37-,38-,39+/m1/s1. The van der Waals surface area contributed by atoms with Gasteiger partial charge in [-0.3, -0.25) is 4.79 Å². The van der Waals surface area contributed by atoms with E-state index in [1.807, 2.05) is 0 Å². The Bertz CT molecular complexity index is 1150. The molecule has 6 fully saturated rings. The number of esters is 1. The summed E-state index contributed by atoms with van der Waals surface area (Å²) in [7, 11) is -2.00. The van der Waals surface area contributed by atoms with Crippen molar-refractivity contribution in [3.63, 3.8) is 0 Å². The second kappa shape index (κ2) is 10.8. The van der Waals surface area contributed by atoms with E-state index in [4.69, 9.17) is 13.9 Å². The predicted molar refractivity (Wildman–Crippen MR) is 183 cm³/mol. The minimum Gasteiger partial charge on any atom is -0.457 e. The van der Waals surface area contributed by atoms with E-state index in [0.717, 1.165) is 36.4 Å². The van der Waals surface area contributed by atoms with Crippen LogP contribution in [0.3, 0.4) is 0 Å². The summed E-state index contributed by atoms with van der Waals surface area (Å²) in [6.45, 7) is 27.5. The Kier molecular flexibility index (Phi) is 8.25. The van der Waals surface area contributed by atoms with E-state index >= 15 is 0 Å². The van der Waals surface area contributed by atoms with Gasteiger partial charge in [-0.25, -0.2) is 0 Å². The minimum absolute atomic E-state index is 0.0227. The number of fused-ring (bicyclic) bond motifs is 4. The van der Waals surface area contributed by atoms with Crippen LogP contribution in [0.2, 0.25) is 18.1 Å². The fourth-order valence-corrected chi connectivity index (χ4v) is 16.9. The highest BCUT2D eigenvalue weighted by molar-refractivity contribution is 6.73. The van der Waals surface area contributed by atoms with E-state index < -0.39 is 20.0 Å². The molecule has 0 aromatic carbocycles. The van der Waals surface area contributed by atoms with E-state index in [1.165, 1.54) is 51.9 Å². The molecule has 0 aromatic heterocycles. The Labute approximate surface area is 276 Å². The molecule has 5 aliphatic carbocycles. The van der Waals surface area contributed by atoms with Crippen LogP contribution >= 0.6 is 0 Å². The SMILES string of the molecule is CC[Si](CC)(CC)O[C@H]1[C@H]2O[C@@H]([C@H](OC(C)=O)C(C)(C)O)C[C@@H](C)[C@@H]2[C@@]2(C)CC[C@@]34C[C@@]35CC[C@H](C)C(C)(C)[C@@H]5CC[C@H]4[C@]12C. The number of aliphatic hydroxyl groups is 1. The average molecular weight is 645 g/mol. The largest absolute Gasteiger partial charge is 0.457 e. The van der Waals surface area contributed by atoms with Crippen LogP contribution in [0, 0.1) is 56.7 Å². The first-order valence-electron chi connectivity index (χ1n) is 19.1. The molecule has 1 N–H and O–H groups in total. The van der Waals surface area contributed by atoms with Gasteiger partial charge >= 0.3 is 5.97 Å². The van der Waals surface area contributed by atoms with Crippen molar-refractivity contribution in [2.24, 2.45) is 56.7 Å². The van der Waals surface area contributed by atoms with Crippen LogP contribution in [-0.2, 0) is 18.7 Å². The molecular formula is C39H68O5Si. The first kappa shape index (κ1) is 34.4. The third kappa shape index (κ3) is 4.48. The Morgan fingerprint density at radius 2 is 1.56 bits per heavy atom. The lowest BCUT2D eigenvalue weighted by molar-refractivity contribution is -0.215. The molecule has 5 nitrogen and oxygen atoms in total. The minimum atomic E-state index is -2.00. The van der Waals surface area contributed by atoms with Gasteiger partial charge < -0.3 is 19.0 Å². The molecule has 0 amide bonds. The summed E-state index contributed by atoms with van der Waals surface area (Å²) < 4.78 is 21.0. The molecule has 6 aliphatic rings. The lowest BCUT2D eigenvalue weighted by atomic mass is 9.41. The molecule has 1 aliphatic heterocycles. The molecule has 0 aromatic rings. The number of carbonyl (C=O) groups excluding carboxylic acids is 1. The maximum absolute atomic E-state index is 12.3. The van der Waals surface area contributed by atoms with Gasteiger partial charge in [0, 0.05) is 12.3 Å². The quantitative estimate of drug-likeness (QED) is 0.211. The molecule has 0 bridgehead atoms. The summed E-state index contributed by atoms with van der Waals surface area (Å²) in [5, 5.41) is 11.3. The first-order valence-corrected chi connectivity index (χ1v) is 21.6. The highest BCUT2D eigenvalue weighted by Gasteiger charge is 2.85. The van der Waals surface area contributed by atoms with Crippen molar-refractivity contribution in [3.05, 3.63) is 0 Å². The summed E-state index contributed by atoms with van der Waals surface area (Å²) in [6.07, 6.45) is 9.30. The van der Waals surface area contributed by atoms with Crippen LogP contribution in [0.1, 0.15) is 134 Å². The fraction of sp³-hybridized carbons (Fsp3) is 0.974. The zero-order valence-electron chi connectivity index (χ0n) is 31.1. The molecule has 258 valence electrons. The van der Waals surface area contributed by atoms with Gasteiger partial charge in [0.2, 0.25) is 0 Å². The monoisotopic (exact) mass is 644 g/mol. The van der Waals surface area contributed by atoms with E-state index in [2.05, 4.69) is 62.3 Å². The normalized spacial score (nSPS) is 49.1. The van der Waals surface area contributed by atoms with Gasteiger partial charge in [-0.05, 0) is 135 Å². The molecular weight excluding hydrogens is 577 g/mol. The number of ether oxygens (including phenoxy) is 2.